The fraction of sp³-hybridized carbons (Fsp3) is 0.438. The van der Waals surface area contributed by atoms with Crippen molar-refractivity contribution in [2.24, 2.45) is 0 Å². The first kappa shape index (κ1) is 16.5. The summed E-state index contributed by atoms with van der Waals surface area (Å²) in [6.45, 7) is 6.07. The molecule has 0 spiro atoms. The molecule has 1 aromatic heterocycles. The van der Waals surface area contributed by atoms with E-state index in [2.05, 4.69) is 23.7 Å². The summed E-state index contributed by atoms with van der Waals surface area (Å²) in [6.07, 6.45) is 3.18. The molecule has 6 heteroatoms. The molecule has 0 radical (unpaired) electrons. The molecule has 1 heterocycles. The van der Waals surface area contributed by atoms with Gasteiger partial charge >= 0.3 is 0 Å². The van der Waals surface area contributed by atoms with Gasteiger partial charge in [0, 0.05) is 30.6 Å². The van der Waals surface area contributed by atoms with Gasteiger partial charge in [-0.15, -0.1) is 0 Å². The lowest BCUT2D eigenvalue weighted by Crippen LogP contribution is -2.26. The van der Waals surface area contributed by atoms with E-state index >= 15 is 0 Å². The van der Waals surface area contributed by atoms with Crippen molar-refractivity contribution >= 4 is 33.9 Å². The van der Waals surface area contributed by atoms with Crippen LogP contribution in [0.2, 0.25) is 5.15 Å². The first-order valence-electron chi connectivity index (χ1n) is 7.56. The minimum Gasteiger partial charge on any atom is -0.356 e. The van der Waals surface area contributed by atoms with Crippen molar-refractivity contribution in [3.63, 3.8) is 0 Å². The Bertz CT molecular complexity index is 676. The number of rotatable bonds is 7. The fourth-order valence-electron chi connectivity index (χ4n) is 2.49. The van der Waals surface area contributed by atoms with Gasteiger partial charge in [-0.2, -0.15) is 0 Å². The smallest absolute Gasteiger partial charge is 0.270 e. The van der Waals surface area contributed by atoms with Crippen LogP contribution in [0.3, 0.4) is 0 Å². The van der Waals surface area contributed by atoms with Crippen molar-refractivity contribution < 1.29 is 4.92 Å². The molecule has 0 unspecified atom stereocenters. The van der Waals surface area contributed by atoms with E-state index in [0.29, 0.717) is 5.15 Å². The number of hydrogen-bond acceptors (Lipinski definition) is 4. The molecule has 0 bridgehead atoms. The SMILES string of the molecule is CCCCN(CCC)c1nc(Cl)cc2cc([N+](=O)[O-])ccc12. The summed E-state index contributed by atoms with van der Waals surface area (Å²) < 4.78 is 0. The summed E-state index contributed by atoms with van der Waals surface area (Å²) in [4.78, 5) is 17.2. The average Bonchev–Trinajstić information content (AvgIpc) is 2.49. The average molecular weight is 322 g/mol. The Balaban J connectivity index is 2.53. The number of nitro groups is 1. The van der Waals surface area contributed by atoms with Crippen LogP contribution >= 0.6 is 11.6 Å². The predicted molar refractivity (Wildman–Crippen MR) is 90.8 cm³/mol. The lowest BCUT2D eigenvalue weighted by molar-refractivity contribution is -0.384. The van der Waals surface area contributed by atoms with Gasteiger partial charge in [-0.1, -0.05) is 31.9 Å². The summed E-state index contributed by atoms with van der Waals surface area (Å²) in [5.74, 6) is 0.813. The summed E-state index contributed by atoms with van der Waals surface area (Å²) >= 11 is 6.13. The molecule has 22 heavy (non-hydrogen) atoms. The van der Waals surface area contributed by atoms with E-state index in [4.69, 9.17) is 11.6 Å². The van der Waals surface area contributed by atoms with Crippen LogP contribution in [-0.2, 0) is 0 Å². The first-order valence-corrected chi connectivity index (χ1v) is 7.94. The number of fused-ring (bicyclic) bond motifs is 1. The molecular formula is C16H20ClN3O2. The highest BCUT2D eigenvalue weighted by Crippen LogP contribution is 2.30. The van der Waals surface area contributed by atoms with Crippen molar-refractivity contribution in [2.75, 3.05) is 18.0 Å². The van der Waals surface area contributed by atoms with Crippen LogP contribution in [0.25, 0.3) is 10.8 Å². The van der Waals surface area contributed by atoms with Crippen molar-refractivity contribution in [1.29, 1.82) is 0 Å². The molecule has 5 nitrogen and oxygen atoms in total. The monoisotopic (exact) mass is 321 g/mol. The zero-order valence-corrected chi connectivity index (χ0v) is 13.6. The van der Waals surface area contributed by atoms with Crippen LogP contribution in [0.5, 0.6) is 0 Å². The van der Waals surface area contributed by atoms with Gasteiger partial charge in [-0.25, -0.2) is 4.98 Å². The molecule has 0 atom stereocenters. The van der Waals surface area contributed by atoms with Gasteiger partial charge in [0.15, 0.2) is 0 Å². The van der Waals surface area contributed by atoms with Crippen molar-refractivity contribution in [3.8, 4) is 0 Å². The lowest BCUT2D eigenvalue weighted by atomic mass is 10.1. The molecule has 2 rings (SSSR count). The van der Waals surface area contributed by atoms with Crippen LogP contribution in [0.15, 0.2) is 24.3 Å². The maximum atomic E-state index is 10.9. The van der Waals surface area contributed by atoms with E-state index in [9.17, 15) is 10.1 Å². The largest absolute Gasteiger partial charge is 0.356 e. The third-order valence-corrected chi connectivity index (χ3v) is 3.74. The number of pyridine rings is 1. The highest BCUT2D eigenvalue weighted by atomic mass is 35.5. The normalized spacial score (nSPS) is 10.9. The van der Waals surface area contributed by atoms with Gasteiger partial charge in [0.1, 0.15) is 11.0 Å². The summed E-state index contributed by atoms with van der Waals surface area (Å²) in [7, 11) is 0. The Labute approximate surface area is 135 Å². The number of nitro benzene ring substituents is 1. The molecule has 0 saturated carbocycles. The summed E-state index contributed by atoms with van der Waals surface area (Å²) in [5, 5.41) is 13.0. The molecule has 0 aliphatic heterocycles. The van der Waals surface area contributed by atoms with Crippen LogP contribution in [0, 0.1) is 10.1 Å². The maximum absolute atomic E-state index is 10.9. The quantitative estimate of drug-likeness (QED) is 0.417. The Morgan fingerprint density at radius 1 is 1.23 bits per heavy atom. The van der Waals surface area contributed by atoms with Crippen molar-refractivity contribution in [2.45, 2.75) is 33.1 Å². The minimum absolute atomic E-state index is 0.0660. The van der Waals surface area contributed by atoms with Crippen molar-refractivity contribution in [1.82, 2.24) is 4.98 Å². The predicted octanol–water partition coefficient (Wildman–Crippen LogP) is 4.81. The summed E-state index contributed by atoms with van der Waals surface area (Å²) in [6, 6.07) is 6.51. The standard InChI is InChI=1S/C16H20ClN3O2/c1-3-5-9-19(8-4-2)16-14-7-6-13(20(21)22)10-12(14)11-15(17)18-16/h6-7,10-11H,3-5,8-9H2,1-2H3. The third-order valence-electron chi connectivity index (χ3n) is 3.55. The fourth-order valence-corrected chi connectivity index (χ4v) is 2.69. The number of nitrogens with zero attached hydrogens (tertiary/aromatic N) is 3. The number of hydrogen-bond donors (Lipinski definition) is 0. The zero-order chi connectivity index (χ0) is 16.1. The molecule has 0 aliphatic carbocycles. The van der Waals surface area contributed by atoms with Gasteiger partial charge in [-0.05, 0) is 30.4 Å². The molecular weight excluding hydrogens is 302 g/mol. The number of anilines is 1. The molecule has 118 valence electrons. The van der Waals surface area contributed by atoms with Gasteiger partial charge in [0.2, 0.25) is 0 Å². The van der Waals surface area contributed by atoms with Crippen LogP contribution in [0.4, 0.5) is 11.5 Å². The number of aromatic nitrogens is 1. The number of unbranched alkanes of at least 4 members (excludes halogenated alkanes) is 1. The van der Waals surface area contributed by atoms with Gasteiger partial charge in [0.05, 0.1) is 4.92 Å². The van der Waals surface area contributed by atoms with E-state index in [1.807, 2.05) is 0 Å². The van der Waals surface area contributed by atoms with Gasteiger partial charge in [0.25, 0.3) is 5.69 Å². The highest BCUT2D eigenvalue weighted by molar-refractivity contribution is 6.30. The lowest BCUT2D eigenvalue weighted by Gasteiger charge is -2.24. The van der Waals surface area contributed by atoms with Crippen LogP contribution in [-0.4, -0.2) is 23.0 Å². The van der Waals surface area contributed by atoms with Crippen molar-refractivity contribution in [3.05, 3.63) is 39.5 Å². The highest BCUT2D eigenvalue weighted by Gasteiger charge is 2.15. The van der Waals surface area contributed by atoms with E-state index in [0.717, 1.165) is 48.9 Å². The second-order valence-electron chi connectivity index (χ2n) is 5.27. The molecule has 0 N–H and O–H groups in total. The van der Waals surface area contributed by atoms with E-state index in [1.165, 1.54) is 6.07 Å². The third kappa shape index (κ3) is 3.65. The topological polar surface area (TPSA) is 59.3 Å². The molecule has 0 amide bonds. The first-order chi connectivity index (χ1) is 10.6. The summed E-state index contributed by atoms with van der Waals surface area (Å²) in [5.41, 5.74) is 0.0660. The van der Waals surface area contributed by atoms with Gasteiger partial charge in [-0.3, -0.25) is 10.1 Å². The maximum Gasteiger partial charge on any atom is 0.270 e. The number of benzene rings is 1. The Hall–Kier alpha value is -1.88. The van der Waals surface area contributed by atoms with E-state index in [-0.39, 0.29) is 5.69 Å². The molecule has 1 aromatic carbocycles. The number of halogens is 1. The minimum atomic E-state index is -0.395. The molecule has 0 saturated heterocycles. The Kier molecular flexibility index (Phi) is 5.55. The van der Waals surface area contributed by atoms with Crippen LogP contribution < -0.4 is 4.90 Å². The Morgan fingerprint density at radius 3 is 2.64 bits per heavy atom. The second kappa shape index (κ2) is 7.40. The number of non-ortho nitro benzene ring substituents is 1. The van der Waals surface area contributed by atoms with E-state index < -0.39 is 4.92 Å². The molecule has 0 fully saturated rings. The van der Waals surface area contributed by atoms with E-state index in [1.54, 1.807) is 18.2 Å². The molecule has 2 aromatic rings. The molecule has 0 aliphatic rings. The second-order valence-corrected chi connectivity index (χ2v) is 5.66. The zero-order valence-electron chi connectivity index (χ0n) is 12.9. The Morgan fingerprint density at radius 2 is 2.00 bits per heavy atom. The van der Waals surface area contributed by atoms with Crippen LogP contribution in [0.1, 0.15) is 33.1 Å². The van der Waals surface area contributed by atoms with Gasteiger partial charge < -0.3 is 4.90 Å².